The minimum atomic E-state index is -0.590. The van der Waals surface area contributed by atoms with E-state index in [4.69, 9.17) is 0 Å². The summed E-state index contributed by atoms with van der Waals surface area (Å²) in [7, 11) is 0. The van der Waals surface area contributed by atoms with Gasteiger partial charge in [0.05, 0.1) is 6.20 Å². The molecule has 1 aliphatic heterocycles. The fraction of sp³-hybridized carbons (Fsp3) is 0.417. The fourth-order valence-corrected chi connectivity index (χ4v) is 2.22. The zero-order valence-corrected chi connectivity index (χ0v) is 9.50. The van der Waals surface area contributed by atoms with Crippen LogP contribution in [0.15, 0.2) is 18.3 Å². The predicted octanol–water partition coefficient (Wildman–Crippen LogP) is 1.31. The van der Waals surface area contributed by atoms with Crippen LogP contribution in [0.3, 0.4) is 0 Å². The molecule has 0 aromatic carbocycles. The summed E-state index contributed by atoms with van der Waals surface area (Å²) in [5.41, 5.74) is 0.0113. The van der Waals surface area contributed by atoms with Gasteiger partial charge in [0, 0.05) is 24.0 Å². The monoisotopic (exact) mass is 236 g/mol. The van der Waals surface area contributed by atoms with Crippen molar-refractivity contribution in [1.82, 2.24) is 10.3 Å². The van der Waals surface area contributed by atoms with Gasteiger partial charge in [-0.05, 0) is 18.6 Å². The summed E-state index contributed by atoms with van der Waals surface area (Å²) in [5, 5.41) is 2.27. The summed E-state index contributed by atoms with van der Waals surface area (Å²) >= 11 is 0. The molecule has 4 nitrogen and oxygen atoms in total. The number of piperidine rings is 1. The van der Waals surface area contributed by atoms with Gasteiger partial charge in [0.15, 0.2) is 0 Å². The highest BCUT2D eigenvalue weighted by atomic mass is 19.1. The van der Waals surface area contributed by atoms with E-state index in [2.05, 4.69) is 10.3 Å². The first-order chi connectivity index (χ1) is 8.05. The summed E-state index contributed by atoms with van der Waals surface area (Å²) in [6.45, 7) is 1.90. The van der Waals surface area contributed by atoms with Gasteiger partial charge in [-0.1, -0.05) is 6.92 Å². The van der Waals surface area contributed by atoms with Gasteiger partial charge in [0.25, 0.3) is 0 Å². The van der Waals surface area contributed by atoms with E-state index in [1.807, 2.05) is 6.92 Å². The molecule has 2 heterocycles. The molecule has 5 heteroatoms. The Balaban J connectivity index is 2.39. The van der Waals surface area contributed by atoms with Crippen molar-refractivity contribution in [1.29, 1.82) is 0 Å². The zero-order chi connectivity index (χ0) is 12.5. The van der Waals surface area contributed by atoms with Gasteiger partial charge in [-0.2, -0.15) is 0 Å². The highest BCUT2D eigenvalue weighted by Gasteiger charge is 2.40. The van der Waals surface area contributed by atoms with E-state index in [1.165, 1.54) is 6.07 Å². The molecule has 1 aromatic heterocycles. The predicted molar refractivity (Wildman–Crippen MR) is 58.5 cm³/mol. The Bertz CT molecular complexity index is 440. The van der Waals surface area contributed by atoms with Crippen molar-refractivity contribution >= 4 is 11.8 Å². The lowest BCUT2D eigenvalue weighted by Gasteiger charge is -2.34. The van der Waals surface area contributed by atoms with Crippen LogP contribution in [0, 0.1) is 5.82 Å². The average molecular weight is 236 g/mol. The van der Waals surface area contributed by atoms with Crippen LogP contribution in [0.5, 0.6) is 0 Å². The molecule has 0 saturated carbocycles. The lowest BCUT2D eigenvalue weighted by Crippen LogP contribution is -2.47. The molecule has 1 aliphatic rings. The number of carbonyl (C=O) groups excluding carboxylic acids is 2. The molecular weight excluding hydrogens is 223 g/mol. The topological polar surface area (TPSA) is 59.1 Å². The number of imide groups is 1. The maximum Gasteiger partial charge on any atom is 0.227 e. The van der Waals surface area contributed by atoms with Crippen molar-refractivity contribution in [2.45, 2.75) is 31.6 Å². The van der Waals surface area contributed by atoms with Crippen molar-refractivity contribution in [2.24, 2.45) is 0 Å². The van der Waals surface area contributed by atoms with Crippen LogP contribution in [0.4, 0.5) is 4.39 Å². The highest BCUT2D eigenvalue weighted by molar-refractivity contribution is 5.99. The molecule has 2 amide bonds. The van der Waals surface area contributed by atoms with Crippen LogP contribution in [-0.4, -0.2) is 16.8 Å². The van der Waals surface area contributed by atoms with Crippen molar-refractivity contribution in [3.8, 4) is 0 Å². The van der Waals surface area contributed by atoms with E-state index >= 15 is 0 Å². The van der Waals surface area contributed by atoms with E-state index < -0.39 is 11.2 Å². The van der Waals surface area contributed by atoms with Crippen LogP contribution in [0.2, 0.25) is 0 Å². The second kappa shape index (κ2) is 4.24. The lowest BCUT2D eigenvalue weighted by atomic mass is 9.73. The summed E-state index contributed by atoms with van der Waals surface area (Å²) < 4.78 is 12.8. The Labute approximate surface area is 98.2 Å². The fourth-order valence-electron chi connectivity index (χ4n) is 2.22. The number of hydrogen-bond acceptors (Lipinski definition) is 3. The largest absolute Gasteiger partial charge is 0.296 e. The molecule has 0 radical (unpaired) electrons. The summed E-state index contributed by atoms with van der Waals surface area (Å²) in [6.07, 6.45) is 2.16. The second-order valence-electron chi connectivity index (χ2n) is 4.32. The summed E-state index contributed by atoms with van der Waals surface area (Å²) in [4.78, 5) is 26.9. The standard InChI is InChI=1S/C12H13FN2O2/c1-2-12(5-10(16)15-11(17)6-12)9-4-3-8(13)7-14-9/h3-4,7H,2,5-6H2,1H3,(H,15,16,17). The third-order valence-corrected chi connectivity index (χ3v) is 3.22. The minimum Gasteiger partial charge on any atom is -0.296 e. The van der Waals surface area contributed by atoms with E-state index in [-0.39, 0.29) is 24.7 Å². The van der Waals surface area contributed by atoms with Crippen LogP contribution in [0.25, 0.3) is 0 Å². The van der Waals surface area contributed by atoms with Crippen LogP contribution in [-0.2, 0) is 15.0 Å². The molecule has 1 fully saturated rings. The number of nitrogens with zero attached hydrogens (tertiary/aromatic N) is 1. The number of nitrogens with one attached hydrogen (secondary N) is 1. The Morgan fingerprint density at radius 1 is 1.35 bits per heavy atom. The number of hydrogen-bond donors (Lipinski definition) is 1. The summed E-state index contributed by atoms with van der Waals surface area (Å²) in [6, 6.07) is 2.85. The first-order valence-corrected chi connectivity index (χ1v) is 5.50. The van der Waals surface area contributed by atoms with E-state index in [1.54, 1.807) is 6.07 Å². The first kappa shape index (κ1) is 11.7. The van der Waals surface area contributed by atoms with Crippen LogP contribution >= 0.6 is 0 Å². The van der Waals surface area contributed by atoms with Gasteiger partial charge >= 0.3 is 0 Å². The van der Waals surface area contributed by atoms with Gasteiger partial charge < -0.3 is 0 Å². The SMILES string of the molecule is CCC1(c2ccc(F)cn2)CC(=O)NC(=O)C1. The lowest BCUT2D eigenvalue weighted by molar-refractivity contribution is -0.135. The van der Waals surface area contributed by atoms with Gasteiger partial charge in [0.2, 0.25) is 11.8 Å². The summed E-state index contributed by atoms with van der Waals surface area (Å²) in [5.74, 6) is -1.02. The Hall–Kier alpha value is -1.78. The number of pyridine rings is 1. The van der Waals surface area contributed by atoms with E-state index in [0.29, 0.717) is 12.1 Å². The molecule has 1 aromatic rings. The van der Waals surface area contributed by atoms with Gasteiger partial charge in [-0.25, -0.2) is 4.39 Å². The Kier molecular flexibility index (Phi) is 2.92. The van der Waals surface area contributed by atoms with Crippen molar-refractivity contribution in [3.05, 3.63) is 29.8 Å². The van der Waals surface area contributed by atoms with E-state index in [9.17, 15) is 14.0 Å². The smallest absolute Gasteiger partial charge is 0.227 e. The minimum absolute atomic E-state index is 0.216. The maximum absolute atomic E-state index is 12.8. The number of rotatable bonds is 2. The second-order valence-corrected chi connectivity index (χ2v) is 4.32. The number of carbonyl (C=O) groups is 2. The van der Waals surface area contributed by atoms with Crippen LogP contribution < -0.4 is 5.32 Å². The Morgan fingerprint density at radius 3 is 2.47 bits per heavy atom. The molecule has 0 unspecified atom stereocenters. The normalized spacial score (nSPS) is 18.9. The quantitative estimate of drug-likeness (QED) is 0.787. The van der Waals surface area contributed by atoms with Gasteiger partial charge in [-0.15, -0.1) is 0 Å². The third-order valence-electron chi connectivity index (χ3n) is 3.22. The van der Waals surface area contributed by atoms with Crippen molar-refractivity contribution < 1.29 is 14.0 Å². The first-order valence-electron chi connectivity index (χ1n) is 5.50. The molecule has 0 bridgehead atoms. The molecule has 0 aliphatic carbocycles. The molecule has 0 spiro atoms. The number of aromatic nitrogens is 1. The molecule has 0 atom stereocenters. The van der Waals surface area contributed by atoms with Crippen molar-refractivity contribution in [3.63, 3.8) is 0 Å². The molecular formula is C12H13FN2O2. The molecule has 90 valence electrons. The third kappa shape index (κ3) is 2.18. The molecule has 17 heavy (non-hydrogen) atoms. The van der Waals surface area contributed by atoms with Gasteiger partial charge in [-0.3, -0.25) is 19.9 Å². The van der Waals surface area contributed by atoms with Crippen molar-refractivity contribution in [2.75, 3.05) is 0 Å². The van der Waals surface area contributed by atoms with Crippen LogP contribution in [0.1, 0.15) is 31.9 Å². The molecule has 1 N–H and O–H groups in total. The molecule has 2 rings (SSSR count). The van der Waals surface area contributed by atoms with Gasteiger partial charge in [0.1, 0.15) is 5.82 Å². The molecule has 1 saturated heterocycles. The Morgan fingerprint density at radius 2 is 2.00 bits per heavy atom. The van der Waals surface area contributed by atoms with E-state index in [0.717, 1.165) is 6.20 Å². The maximum atomic E-state index is 12.8. The average Bonchev–Trinajstić information content (AvgIpc) is 2.28. The highest BCUT2D eigenvalue weighted by Crippen LogP contribution is 2.36. The zero-order valence-electron chi connectivity index (χ0n) is 9.50. The number of halogens is 1. The number of amides is 2.